The molecule has 0 aliphatic rings. The molecule has 0 spiro atoms. The van der Waals surface area contributed by atoms with Gasteiger partial charge in [0.2, 0.25) is 5.95 Å². The average Bonchev–Trinajstić information content (AvgIpc) is 2.38. The summed E-state index contributed by atoms with van der Waals surface area (Å²) in [7, 11) is -1.54. The van der Waals surface area contributed by atoms with Crippen molar-refractivity contribution >= 4 is 18.5 Å². The molecule has 0 saturated carbocycles. The Kier molecular flexibility index (Phi) is 3.64. The van der Waals surface area contributed by atoms with Crippen molar-refractivity contribution in [3.8, 4) is 0 Å². The van der Waals surface area contributed by atoms with E-state index in [2.05, 4.69) is 20.3 Å². The van der Waals surface area contributed by atoms with E-state index in [-0.39, 0.29) is 5.46 Å². The zero-order valence-electron chi connectivity index (χ0n) is 8.98. The Bertz CT molecular complexity index is 463. The molecule has 0 bridgehead atoms. The lowest BCUT2D eigenvalue weighted by Crippen LogP contribution is -2.30. The highest BCUT2D eigenvalue weighted by Gasteiger charge is 2.11. The molecule has 2 aromatic heterocycles. The molecular weight excluding hydrogens is 219 g/mol. The normalized spacial score (nSPS) is 10.0. The van der Waals surface area contributed by atoms with E-state index in [1.807, 2.05) is 12.1 Å². The van der Waals surface area contributed by atoms with Gasteiger partial charge in [0.05, 0.1) is 0 Å². The van der Waals surface area contributed by atoms with E-state index in [1.54, 1.807) is 12.4 Å². The molecule has 0 aliphatic heterocycles. The molecule has 3 N–H and O–H groups in total. The number of rotatable bonds is 4. The summed E-state index contributed by atoms with van der Waals surface area (Å²) in [5.41, 5.74) is 1.33. The van der Waals surface area contributed by atoms with E-state index < -0.39 is 7.12 Å². The molecule has 2 heterocycles. The fraction of sp³-hybridized carbons (Fsp3) is 0.100. The highest BCUT2D eigenvalue weighted by atomic mass is 16.4. The van der Waals surface area contributed by atoms with Gasteiger partial charge in [-0.3, -0.25) is 4.98 Å². The number of hydrogen-bond donors (Lipinski definition) is 3. The van der Waals surface area contributed by atoms with Crippen molar-refractivity contribution in [3.05, 3.63) is 42.5 Å². The maximum atomic E-state index is 8.87. The van der Waals surface area contributed by atoms with E-state index >= 15 is 0 Å². The SMILES string of the molecule is OB(O)c1cnc(NCc2ccncc2)nc1. The van der Waals surface area contributed by atoms with Gasteiger partial charge >= 0.3 is 7.12 Å². The first-order valence-electron chi connectivity index (χ1n) is 5.06. The minimum absolute atomic E-state index is 0.263. The fourth-order valence-electron chi connectivity index (χ4n) is 1.24. The first-order valence-corrected chi connectivity index (χ1v) is 5.06. The number of pyridine rings is 1. The fourth-order valence-corrected chi connectivity index (χ4v) is 1.24. The zero-order chi connectivity index (χ0) is 12.1. The third kappa shape index (κ3) is 3.23. The summed E-state index contributed by atoms with van der Waals surface area (Å²) >= 11 is 0. The molecule has 86 valence electrons. The molecule has 0 unspecified atom stereocenters. The van der Waals surface area contributed by atoms with Gasteiger partial charge in [0.15, 0.2) is 0 Å². The van der Waals surface area contributed by atoms with Gasteiger partial charge in [-0.1, -0.05) is 0 Å². The van der Waals surface area contributed by atoms with Crippen molar-refractivity contribution in [2.24, 2.45) is 0 Å². The van der Waals surface area contributed by atoms with Crippen molar-refractivity contribution in [2.75, 3.05) is 5.32 Å². The molecule has 0 aromatic carbocycles. The van der Waals surface area contributed by atoms with Gasteiger partial charge in [0, 0.05) is 36.8 Å². The number of anilines is 1. The summed E-state index contributed by atoms with van der Waals surface area (Å²) in [5, 5.41) is 20.8. The second-order valence-corrected chi connectivity index (χ2v) is 3.42. The predicted molar refractivity (Wildman–Crippen MR) is 63.4 cm³/mol. The molecule has 2 rings (SSSR count). The van der Waals surface area contributed by atoms with E-state index in [1.165, 1.54) is 12.4 Å². The number of nitrogens with one attached hydrogen (secondary N) is 1. The smallest absolute Gasteiger partial charge is 0.423 e. The third-order valence-corrected chi connectivity index (χ3v) is 2.17. The average molecular weight is 230 g/mol. The molecule has 2 aromatic rings. The highest BCUT2D eigenvalue weighted by Crippen LogP contribution is 2.00. The van der Waals surface area contributed by atoms with Crippen molar-refractivity contribution in [2.45, 2.75) is 6.54 Å². The second-order valence-electron chi connectivity index (χ2n) is 3.42. The Morgan fingerprint density at radius 3 is 2.35 bits per heavy atom. The Labute approximate surface area is 98.5 Å². The Balaban J connectivity index is 1.96. The molecule has 7 heteroatoms. The molecule has 0 radical (unpaired) electrons. The van der Waals surface area contributed by atoms with Crippen LogP contribution in [0.1, 0.15) is 5.56 Å². The van der Waals surface area contributed by atoms with Gasteiger partial charge in [-0.15, -0.1) is 0 Å². The minimum atomic E-state index is -1.54. The molecule has 6 nitrogen and oxygen atoms in total. The summed E-state index contributed by atoms with van der Waals surface area (Å²) < 4.78 is 0. The summed E-state index contributed by atoms with van der Waals surface area (Å²) in [4.78, 5) is 11.8. The van der Waals surface area contributed by atoms with Crippen molar-refractivity contribution in [1.82, 2.24) is 15.0 Å². The van der Waals surface area contributed by atoms with Crippen LogP contribution in [-0.2, 0) is 6.54 Å². The topological polar surface area (TPSA) is 91.2 Å². The van der Waals surface area contributed by atoms with Gasteiger partial charge in [0.1, 0.15) is 0 Å². The lowest BCUT2D eigenvalue weighted by molar-refractivity contribution is 0.425. The van der Waals surface area contributed by atoms with Crippen LogP contribution in [0.3, 0.4) is 0 Å². The lowest BCUT2D eigenvalue weighted by atomic mass is 9.83. The van der Waals surface area contributed by atoms with E-state index in [0.29, 0.717) is 12.5 Å². The summed E-state index contributed by atoms with van der Waals surface area (Å²) in [6.07, 6.45) is 6.16. The standard InChI is InChI=1S/C10H11BN4O2/c16-11(17)9-6-14-10(15-7-9)13-5-8-1-3-12-4-2-8/h1-4,6-7,16-17H,5H2,(H,13,14,15). The van der Waals surface area contributed by atoms with Crippen molar-refractivity contribution in [1.29, 1.82) is 0 Å². The van der Waals surface area contributed by atoms with Crippen molar-refractivity contribution < 1.29 is 10.0 Å². The van der Waals surface area contributed by atoms with Gasteiger partial charge in [0.25, 0.3) is 0 Å². The zero-order valence-corrected chi connectivity index (χ0v) is 8.98. The maximum Gasteiger partial charge on any atom is 0.491 e. The molecule has 0 amide bonds. The van der Waals surface area contributed by atoms with E-state index in [4.69, 9.17) is 10.0 Å². The summed E-state index contributed by atoms with van der Waals surface area (Å²) in [6.45, 7) is 0.587. The van der Waals surface area contributed by atoms with Crippen LogP contribution in [0.5, 0.6) is 0 Å². The van der Waals surface area contributed by atoms with E-state index in [9.17, 15) is 0 Å². The molecule has 0 atom stereocenters. The first-order chi connectivity index (χ1) is 8.25. The molecule has 0 saturated heterocycles. The second kappa shape index (κ2) is 5.38. The Morgan fingerprint density at radius 1 is 1.12 bits per heavy atom. The van der Waals surface area contributed by atoms with Crippen LogP contribution in [0.2, 0.25) is 0 Å². The Morgan fingerprint density at radius 2 is 1.76 bits per heavy atom. The monoisotopic (exact) mass is 230 g/mol. The van der Waals surface area contributed by atoms with Gasteiger partial charge in [-0.2, -0.15) is 0 Å². The van der Waals surface area contributed by atoms with Crippen LogP contribution < -0.4 is 10.8 Å². The van der Waals surface area contributed by atoms with Crippen LogP contribution in [0, 0.1) is 0 Å². The maximum absolute atomic E-state index is 8.87. The first kappa shape index (κ1) is 11.5. The largest absolute Gasteiger partial charge is 0.491 e. The van der Waals surface area contributed by atoms with Crippen LogP contribution in [0.15, 0.2) is 36.9 Å². The molecule has 0 aliphatic carbocycles. The van der Waals surface area contributed by atoms with Crippen LogP contribution in [0.25, 0.3) is 0 Å². The number of nitrogens with zero attached hydrogens (tertiary/aromatic N) is 3. The third-order valence-electron chi connectivity index (χ3n) is 2.17. The van der Waals surface area contributed by atoms with Gasteiger partial charge in [-0.25, -0.2) is 9.97 Å². The molecular formula is C10H11BN4O2. The summed E-state index contributed by atoms with van der Waals surface area (Å²) in [6, 6.07) is 3.78. The summed E-state index contributed by atoms with van der Waals surface area (Å²) in [5.74, 6) is 0.436. The van der Waals surface area contributed by atoms with Crippen molar-refractivity contribution in [3.63, 3.8) is 0 Å². The van der Waals surface area contributed by atoms with Gasteiger partial charge in [-0.05, 0) is 17.7 Å². The van der Waals surface area contributed by atoms with Crippen LogP contribution >= 0.6 is 0 Å². The van der Waals surface area contributed by atoms with Gasteiger partial charge < -0.3 is 15.4 Å². The number of aromatic nitrogens is 3. The predicted octanol–water partition coefficient (Wildman–Crippen LogP) is -0.837. The molecule has 17 heavy (non-hydrogen) atoms. The molecule has 0 fully saturated rings. The van der Waals surface area contributed by atoms with Crippen LogP contribution in [-0.4, -0.2) is 32.1 Å². The minimum Gasteiger partial charge on any atom is -0.423 e. The number of hydrogen-bond acceptors (Lipinski definition) is 6. The van der Waals surface area contributed by atoms with Crippen LogP contribution in [0.4, 0.5) is 5.95 Å². The quantitative estimate of drug-likeness (QED) is 0.593. The Hall–Kier alpha value is -1.99. The van der Waals surface area contributed by atoms with E-state index in [0.717, 1.165) is 5.56 Å². The lowest BCUT2D eigenvalue weighted by Gasteiger charge is -2.05. The highest BCUT2D eigenvalue weighted by molar-refractivity contribution is 6.58.